The molecule has 20 heavy (non-hydrogen) atoms. The second-order valence-corrected chi connectivity index (χ2v) is 5.71. The van der Waals surface area contributed by atoms with Crippen LogP contribution in [0.4, 0.5) is 0 Å². The van der Waals surface area contributed by atoms with Gasteiger partial charge in [-0.1, -0.05) is 41.7 Å². The number of benzene rings is 1. The number of hydrogen-bond acceptors (Lipinski definition) is 4. The van der Waals surface area contributed by atoms with Crippen molar-refractivity contribution in [3.05, 3.63) is 46.5 Å². The largest absolute Gasteiger partial charge is 0.341 e. The number of hydrogen-bond donors (Lipinski definition) is 1. The van der Waals surface area contributed by atoms with Gasteiger partial charge in [-0.05, 0) is 30.4 Å². The first kappa shape index (κ1) is 14.9. The first-order chi connectivity index (χ1) is 9.60. The smallest absolute Gasteiger partial charge is 0.265 e. The molecule has 1 amide bonds. The van der Waals surface area contributed by atoms with Gasteiger partial charge in [0.25, 0.3) is 5.91 Å². The average Bonchev–Trinajstić information content (AvgIpc) is 2.96. The summed E-state index contributed by atoms with van der Waals surface area (Å²) in [6.45, 7) is 3.86. The summed E-state index contributed by atoms with van der Waals surface area (Å²) >= 11 is 7.19. The molecule has 0 radical (unpaired) electrons. The Hall–Kier alpha value is -1.46. The van der Waals surface area contributed by atoms with Crippen LogP contribution in [0.2, 0.25) is 0 Å². The quantitative estimate of drug-likeness (QED) is 0.864. The maximum absolute atomic E-state index is 12.4. The van der Waals surface area contributed by atoms with E-state index in [0.717, 1.165) is 22.8 Å². The molecule has 1 aromatic heterocycles. The fourth-order valence-electron chi connectivity index (χ4n) is 1.91. The van der Waals surface area contributed by atoms with E-state index >= 15 is 0 Å². The summed E-state index contributed by atoms with van der Waals surface area (Å²) in [5.41, 5.74) is 1.07. The Labute approximate surface area is 127 Å². The lowest BCUT2D eigenvalue weighted by Crippen LogP contribution is -2.45. The molecule has 2 rings (SSSR count). The van der Waals surface area contributed by atoms with Gasteiger partial charge in [0, 0.05) is 5.88 Å². The third-order valence-electron chi connectivity index (χ3n) is 3.16. The monoisotopic (exact) mass is 309 g/mol. The average molecular weight is 310 g/mol. The van der Waals surface area contributed by atoms with Crippen molar-refractivity contribution < 1.29 is 4.79 Å². The lowest BCUT2D eigenvalue weighted by Gasteiger charge is -2.29. The standard InChI is InChI=1S/C14H16ClN3OS/c1-3-11-12(20-18-17-11)13(19)16-14(2,9-15)10-7-5-4-6-8-10/h4-8H,3,9H2,1-2H3,(H,16,19). The lowest BCUT2D eigenvalue weighted by atomic mass is 9.94. The van der Waals surface area contributed by atoms with E-state index in [2.05, 4.69) is 14.9 Å². The molecular weight excluding hydrogens is 294 g/mol. The van der Waals surface area contributed by atoms with Crippen LogP contribution in [0.1, 0.15) is 34.8 Å². The van der Waals surface area contributed by atoms with Gasteiger partial charge in [-0.3, -0.25) is 4.79 Å². The van der Waals surface area contributed by atoms with Crippen molar-refractivity contribution in [3.8, 4) is 0 Å². The Morgan fingerprint density at radius 1 is 1.40 bits per heavy atom. The van der Waals surface area contributed by atoms with Crippen LogP contribution >= 0.6 is 23.1 Å². The number of aryl methyl sites for hydroxylation is 1. The second kappa shape index (κ2) is 6.33. The molecule has 1 N–H and O–H groups in total. The van der Waals surface area contributed by atoms with Crippen LogP contribution in [0, 0.1) is 0 Å². The van der Waals surface area contributed by atoms with Crippen molar-refractivity contribution in [3.63, 3.8) is 0 Å². The maximum Gasteiger partial charge on any atom is 0.265 e. The van der Waals surface area contributed by atoms with Crippen LogP contribution in [0.3, 0.4) is 0 Å². The van der Waals surface area contributed by atoms with Gasteiger partial charge in [-0.25, -0.2) is 0 Å². The normalized spacial score (nSPS) is 13.8. The van der Waals surface area contributed by atoms with Crippen LogP contribution < -0.4 is 5.32 Å². The molecule has 2 aromatic rings. The molecule has 1 aromatic carbocycles. The van der Waals surface area contributed by atoms with Gasteiger partial charge in [0.15, 0.2) is 0 Å². The van der Waals surface area contributed by atoms with Gasteiger partial charge in [0.2, 0.25) is 0 Å². The minimum absolute atomic E-state index is 0.177. The van der Waals surface area contributed by atoms with E-state index < -0.39 is 5.54 Å². The molecule has 0 fully saturated rings. The number of nitrogens with zero attached hydrogens (tertiary/aromatic N) is 2. The Morgan fingerprint density at radius 3 is 2.70 bits per heavy atom. The molecule has 6 heteroatoms. The zero-order chi connectivity index (χ0) is 14.6. The number of aromatic nitrogens is 2. The third kappa shape index (κ3) is 2.99. The van der Waals surface area contributed by atoms with E-state index in [1.807, 2.05) is 44.2 Å². The summed E-state index contributed by atoms with van der Waals surface area (Å²) in [6, 6.07) is 9.70. The van der Waals surface area contributed by atoms with Gasteiger partial charge >= 0.3 is 0 Å². The van der Waals surface area contributed by atoms with Gasteiger partial charge in [0.1, 0.15) is 4.88 Å². The van der Waals surface area contributed by atoms with Crippen LogP contribution in [-0.2, 0) is 12.0 Å². The fourth-order valence-corrected chi connectivity index (χ4v) is 2.78. The van der Waals surface area contributed by atoms with Crippen LogP contribution in [0.25, 0.3) is 0 Å². The molecule has 1 atom stereocenters. The summed E-state index contributed by atoms with van der Waals surface area (Å²) in [6.07, 6.45) is 0.683. The SMILES string of the molecule is CCc1nnsc1C(=O)NC(C)(CCl)c1ccccc1. The van der Waals surface area contributed by atoms with Crippen molar-refractivity contribution in [2.45, 2.75) is 25.8 Å². The van der Waals surface area contributed by atoms with Crippen LogP contribution in [-0.4, -0.2) is 21.4 Å². The van der Waals surface area contributed by atoms with E-state index in [1.165, 1.54) is 0 Å². The highest BCUT2D eigenvalue weighted by Crippen LogP contribution is 2.23. The highest BCUT2D eigenvalue weighted by molar-refractivity contribution is 7.08. The third-order valence-corrected chi connectivity index (χ3v) is 4.47. The van der Waals surface area contributed by atoms with E-state index in [9.17, 15) is 4.79 Å². The Bertz CT molecular complexity index is 587. The van der Waals surface area contributed by atoms with E-state index in [0.29, 0.717) is 11.3 Å². The lowest BCUT2D eigenvalue weighted by molar-refractivity contribution is 0.0916. The predicted molar refractivity (Wildman–Crippen MR) is 81.3 cm³/mol. The number of amides is 1. The molecule has 0 spiro atoms. The van der Waals surface area contributed by atoms with Gasteiger partial charge < -0.3 is 5.32 Å². The molecule has 4 nitrogen and oxygen atoms in total. The highest BCUT2D eigenvalue weighted by Gasteiger charge is 2.29. The van der Waals surface area contributed by atoms with Crippen molar-refractivity contribution in [2.75, 3.05) is 5.88 Å². The zero-order valence-corrected chi connectivity index (χ0v) is 13.0. The first-order valence-electron chi connectivity index (χ1n) is 6.36. The highest BCUT2D eigenvalue weighted by atomic mass is 35.5. The minimum Gasteiger partial charge on any atom is -0.341 e. The molecule has 1 unspecified atom stereocenters. The van der Waals surface area contributed by atoms with Crippen molar-refractivity contribution in [1.82, 2.24) is 14.9 Å². The Balaban J connectivity index is 2.24. The Kier molecular flexibility index (Phi) is 4.73. The number of rotatable bonds is 5. The molecule has 0 bridgehead atoms. The topological polar surface area (TPSA) is 54.9 Å². The summed E-state index contributed by atoms with van der Waals surface area (Å²) in [4.78, 5) is 12.9. The summed E-state index contributed by atoms with van der Waals surface area (Å²) in [5.74, 6) is 0.111. The molecule has 0 aliphatic rings. The van der Waals surface area contributed by atoms with Crippen molar-refractivity contribution in [1.29, 1.82) is 0 Å². The van der Waals surface area contributed by atoms with Crippen molar-refractivity contribution >= 4 is 29.0 Å². The minimum atomic E-state index is -0.616. The summed E-state index contributed by atoms with van der Waals surface area (Å²) < 4.78 is 3.84. The van der Waals surface area contributed by atoms with Gasteiger partial charge in [0.05, 0.1) is 11.2 Å². The molecule has 0 saturated heterocycles. The molecule has 1 heterocycles. The van der Waals surface area contributed by atoms with E-state index in [1.54, 1.807) is 0 Å². The predicted octanol–water partition coefficient (Wildman–Crippen LogP) is 2.98. The zero-order valence-electron chi connectivity index (χ0n) is 11.4. The summed E-state index contributed by atoms with van der Waals surface area (Å²) in [5, 5.41) is 6.96. The second-order valence-electron chi connectivity index (χ2n) is 4.69. The van der Waals surface area contributed by atoms with E-state index in [4.69, 9.17) is 11.6 Å². The number of carbonyl (C=O) groups excluding carboxylic acids is 1. The molecule has 0 aliphatic carbocycles. The molecular formula is C14H16ClN3OS. The number of nitrogens with one attached hydrogen (secondary N) is 1. The van der Waals surface area contributed by atoms with Crippen LogP contribution in [0.15, 0.2) is 30.3 Å². The first-order valence-corrected chi connectivity index (χ1v) is 7.66. The van der Waals surface area contributed by atoms with Gasteiger partial charge in [-0.2, -0.15) is 0 Å². The summed E-state index contributed by atoms with van der Waals surface area (Å²) in [7, 11) is 0. The number of carbonyl (C=O) groups is 1. The molecule has 0 saturated carbocycles. The Morgan fingerprint density at radius 2 is 2.10 bits per heavy atom. The van der Waals surface area contributed by atoms with Crippen LogP contribution in [0.5, 0.6) is 0 Å². The van der Waals surface area contributed by atoms with Crippen molar-refractivity contribution in [2.24, 2.45) is 0 Å². The molecule has 0 aliphatic heterocycles. The van der Waals surface area contributed by atoms with Gasteiger partial charge in [-0.15, -0.1) is 16.7 Å². The van der Waals surface area contributed by atoms with E-state index in [-0.39, 0.29) is 11.8 Å². The number of alkyl halides is 1. The number of halogens is 1. The molecule has 106 valence electrons. The maximum atomic E-state index is 12.4. The fraction of sp³-hybridized carbons (Fsp3) is 0.357.